The van der Waals surface area contributed by atoms with Crippen molar-refractivity contribution in [2.75, 3.05) is 6.54 Å². The lowest BCUT2D eigenvalue weighted by Crippen LogP contribution is -2.26. The summed E-state index contributed by atoms with van der Waals surface area (Å²) in [4.78, 5) is 0.190. The van der Waals surface area contributed by atoms with Crippen molar-refractivity contribution in [3.05, 3.63) is 48.3 Å². The third kappa shape index (κ3) is 3.15. The van der Waals surface area contributed by atoms with Crippen LogP contribution in [0.3, 0.4) is 0 Å². The highest BCUT2D eigenvalue weighted by molar-refractivity contribution is 7.89. The number of benzene rings is 1. The largest absolute Gasteiger partial charge is 0.329 e. The first kappa shape index (κ1) is 14.2. The quantitative estimate of drug-likeness (QED) is 0.821. The fraction of sp³-hybridized carbons (Fsp3) is 0.357. The molecular weight excluding hydrogens is 288 g/mol. The van der Waals surface area contributed by atoms with Gasteiger partial charge < -0.3 is 5.73 Å². The molecule has 1 aliphatic carbocycles. The molecule has 1 saturated carbocycles. The van der Waals surface area contributed by atoms with E-state index in [4.69, 9.17) is 5.73 Å². The number of sulfonamides is 1. The van der Waals surface area contributed by atoms with E-state index in [1.54, 1.807) is 0 Å². The van der Waals surface area contributed by atoms with Crippen LogP contribution in [0.15, 0.2) is 47.6 Å². The van der Waals surface area contributed by atoms with Crippen molar-refractivity contribution in [3.8, 4) is 0 Å². The predicted octanol–water partition coefficient (Wildman–Crippen LogP) is 0.676. The summed E-state index contributed by atoms with van der Waals surface area (Å²) in [5.41, 5.74) is 6.60. The average molecular weight is 306 g/mol. The van der Waals surface area contributed by atoms with Gasteiger partial charge in [0.1, 0.15) is 4.90 Å². The Morgan fingerprint density at radius 2 is 2.10 bits per heavy atom. The molecule has 7 heteroatoms. The fourth-order valence-corrected chi connectivity index (χ4v) is 3.64. The summed E-state index contributed by atoms with van der Waals surface area (Å²) in [6.45, 7) is 0.929. The van der Waals surface area contributed by atoms with Crippen molar-refractivity contribution in [3.63, 3.8) is 0 Å². The van der Waals surface area contributed by atoms with Crippen LogP contribution in [-0.4, -0.2) is 30.8 Å². The van der Waals surface area contributed by atoms with Gasteiger partial charge in [0.2, 0.25) is 10.0 Å². The van der Waals surface area contributed by atoms with Gasteiger partial charge in [0, 0.05) is 24.7 Å². The smallest absolute Gasteiger partial charge is 0.243 e. The van der Waals surface area contributed by atoms with Crippen LogP contribution in [0.5, 0.6) is 0 Å². The fourth-order valence-electron chi connectivity index (χ4n) is 2.40. The van der Waals surface area contributed by atoms with Gasteiger partial charge in [-0.2, -0.15) is 5.10 Å². The molecule has 0 amide bonds. The summed E-state index contributed by atoms with van der Waals surface area (Å²) in [6, 6.07) is 9.91. The molecule has 6 nitrogen and oxygen atoms in total. The Kier molecular flexibility index (Phi) is 3.79. The van der Waals surface area contributed by atoms with E-state index in [9.17, 15) is 8.42 Å². The molecule has 21 heavy (non-hydrogen) atoms. The zero-order chi connectivity index (χ0) is 14.9. The van der Waals surface area contributed by atoms with E-state index in [0.717, 1.165) is 6.42 Å². The summed E-state index contributed by atoms with van der Waals surface area (Å²) in [5, 5.41) is 3.99. The second kappa shape index (κ2) is 5.59. The Hall–Kier alpha value is -1.70. The van der Waals surface area contributed by atoms with Gasteiger partial charge in [0.15, 0.2) is 0 Å². The van der Waals surface area contributed by atoms with Crippen molar-refractivity contribution in [2.24, 2.45) is 5.73 Å². The first-order valence-electron chi connectivity index (χ1n) is 6.90. The summed E-state index contributed by atoms with van der Waals surface area (Å²) in [7, 11) is -3.51. The molecule has 112 valence electrons. The van der Waals surface area contributed by atoms with Gasteiger partial charge in [-0.05, 0) is 12.0 Å². The van der Waals surface area contributed by atoms with Crippen LogP contribution < -0.4 is 10.5 Å². The summed E-state index contributed by atoms with van der Waals surface area (Å²) >= 11 is 0. The third-order valence-electron chi connectivity index (χ3n) is 3.60. The third-order valence-corrected chi connectivity index (χ3v) is 5.05. The van der Waals surface area contributed by atoms with Gasteiger partial charge in [-0.15, -0.1) is 0 Å². The molecule has 0 aliphatic heterocycles. The molecule has 1 aromatic heterocycles. The summed E-state index contributed by atoms with van der Waals surface area (Å²) in [6.07, 6.45) is 3.70. The lowest BCUT2D eigenvalue weighted by atomic mass is 10.1. The Morgan fingerprint density at radius 1 is 1.33 bits per heavy atom. The van der Waals surface area contributed by atoms with Crippen molar-refractivity contribution in [1.29, 1.82) is 0 Å². The minimum atomic E-state index is -3.51. The Morgan fingerprint density at radius 3 is 2.81 bits per heavy atom. The van der Waals surface area contributed by atoms with Gasteiger partial charge in [0.05, 0.1) is 12.7 Å². The lowest BCUT2D eigenvalue weighted by Gasteiger charge is -2.04. The lowest BCUT2D eigenvalue weighted by molar-refractivity contribution is 0.579. The van der Waals surface area contributed by atoms with Gasteiger partial charge in [-0.25, -0.2) is 13.1 Å². The Bertz CT molecular complexity index is 712. The van der Waals surface area contributed by atoms with Gasteiger partial charge >= 0.3 is 0 Å². The van der Waals surface area contributed by atoms with Crippen molar-refractivity contribution in [2.45, 2.75) is 29.8 Å². The van der Waals surface area contributed by atoms with Crippen molar-refractivity contribution >= 4 is 10.0 Å². The molecule has 0 radical (unpaired) electrons. The van der Waals surface area contributed by atoms with E-state index >= 15 is 0 Å². The van der Waals surface area contributed by atoms with Crippen molar-refractivity contribution < 1.29 is 8.42 Å². The number of nitrogens with one attached hydrogen (secondary N) is 1. The van der Waals surface area contributed by atoms with Gasteiger partial charge in [-0.1, -0.05) is 30.3 Å². The molecule has 1 fully saturated rings. The van der Waals surface area contributed by atoms with Crippen molar-refractivity contribution in [1.82, 2.24) is 14.5 Å². The molecule has 1 heterocycles. The molecule has 3 N–H and O–H groups in total. The molecule has 2 unspecified atom stereocenters. The standard InChI is InChI=1S/C14H18N4O2S/c15-6-7-18-10-12(9-16-18)21(19,20)17-14-8-13(14)11-4-2-1-3-5-11/h1-5,9-10,13-14,17H,6-8,15H2. The second-order valence-corrected chi connectivity index (χ2v) is 6.92. The topological polar surface area (TPSA) is 90.0 Å². The van der Waals surface area contributed by atoms with Crippen LogP contribution in [0.4, 0.5) is 0 Å². The zero-order valence-electron chi connectivity index (χ0n) is 11.5. The first-order valence-corrected chi connectivity index (χ1v) is 8.38. The molecule has 0 saturated heterocycles. The first-order chi connectivity index (χ1) is 10.1. The van der Waals surface area contributed by atoms with Crippen LogP contribution in [-0.2, 0) is 16.6 Å². The van der Waals surface area contributed by atoms with E-state index in [1.165, 1.54) is 22.6 Å². The average Bonchev–Trinajstić information content (AvgIpc) is 3.04. The molecule has 1 aliphatic rings. The molecule has 2 atom stereocenters. The molecule has 3 rings (SSSR count). The predicted molar refractivity (Wildman–Crippen MR) is 79.2 cm³/mol. The minimum Gasteiger partial charge on any atom is -0.329 e. The van der Waals surface area contributed by atoms with Crippen LogP contribution >= 0.6 is 0 Å². The van der Waals surface area contributed by atoms with E-state index in [1.807, 2.05) is 30.3 Å². The van der Waals surface area contributed by atoms with Crippen LogP contribution in [0, 0.1) is 0 Å². The second-order valence-electron chi connectivity index (χ2n) is 5.21. The normalized spacial score (nSPS) is 21.4. The maximum atomic E-state index is 12.3. The maximum Gasteiger partial charge on any atom is 0.243 e. The summed E-state index contributed by atoms with van der Waals surface area (Å²) in [5.74, 6) is 0.264. The molecule has 2 aromatic rings. The van der Waals surface area contributed by atoms with E-state index in [2.05, 4.69) is 9.82 Å². The van der Waals surface area contributed by atoms with E-state index in [0.29, 0.717) is 13.1 Å². The van der Waals surface area contributed by atoms with Crippen LogP contribution in [0.2, 0.25) is 0 Å². The molecular formula is C14H18N4O2S. The number of aromatic nitrogens is 2. The highest BCUT2D eigenvalue weighted by Gasteiger charge is 2.41. The monoisotopic (exact) mass is 306 g/mol. The number of hydrogen-bond donors (Lipinski definition) is 2. The Balaban J connectivity index is 1.67. The zero-order valence-corrected chi connectivity index (χ0v) is 12.3. The van der Waals surface area contributed by atoms with E-state index < -0.39 is 10.0 Å². The number of rotatable bonds is 6. The van der Waals surface area contributed by atoms with Crippen LogP contribution in [0.1, 0.15) is 17.9 Å². The van der Waals surface area contributed by atoms with Gasteiger partial charge in [-0.3, -0.25) is 4.68 Å². The maximum absolute atomic E-state index is 12.3. The molecule has 0 bridgehead atoms. The van der Waals surface area contributed by atoms with Crippen LogP contribution in [0.25, 0.3) is 0 Å². The highest BCUT2D eigenvalue weighted by Crippen LogP contribution is 2.41. The minimum absolute atomic E-state index is 0.0322. The summed E-state index contributed by atoms with van der Waals surface area (Å²) < 4.78 is 28.8. The Labute approximate surface area is 124 Å². The number of nitrogens with two attached hydrogens (primary N) is 1. The molecule has 0 spiro atoms. The van der Waals surface area contributed by atoms with E-state index in [-0.39, 0.29) is 16.9 Å². The highest BCUT2D eigenvalue weighted by atomic mass is 32.2. The molecule has 1 aromatic carbocycles. The SMILES string of the molecule is NCCn1cc(S(=O)(=O)NC2CC2c2ccccc2)cn1. The number of hydrogen-bond acceptors (Lipinski definition) is 4. The van der Waals surface area contributed by atoms with Gasteiger partial charge in [0.25, 0.3) is 0 Å². The number of nitrogens with zero attached hydrogens (tertiary/aromatic N) is 2.